The van der Waals surface area contributed by atoms with Crippen LogP contribution in [0.1, 0.15) is 11.3 Å². The average molecular weight is 695 g/mol. The average Bonchev–Trinajstić information content (AvgIpc) is 3.50. The number of hydrogen-bond acceptors (Lipinski definition) is 3. The second-order valence-corrected chi connectivity index (χ2v) is 13.6. The summed E-state index contributed by atoms with van der Waals surface area (Å²) < 4.78 is 2.30. The van der Waals surface area contributed by atoms with Crippen molar-refractivity contribution < 1.29 is 0 Å². The minimum absolute atomic E-state index is 0.895. The van der Waals surface area contributed by atoms with Gasteiger partial charge in [0.2, 0.25) is 0 Å². The van der Waals surface area contributed by atoms with Crippen LogP contribution in [0, 0.1) is 13.8 Å². The van der Waals surface area contributed by atoms with Crippen molar-refractivity contribution in [3.05, 3.63) is 206 Å². The zero-order chi connectivity index (χ0) is 36.4. The van der Waals surface area contributed by atoms with Gasteiger partial charge >= 0.3 is 0 Å². The summed E-state index contributed by atoms with van der Waals surface area (Å²) in [6, 6.07) is 64.3. The summed E-state index contributed by atoms with van der Waals surface area (Å²) in [7, 11) is 0. The van der Waals surface area contributed by atoms with E-state index in [1.54, 1.807) is 0 Å². The number of aromatic nitrogens is 3. The highest BCUT2D eigenvalue weighted by molar-refractivity contribution is 5.95. The lowest BCUT2D eigenvalue weighted by Gasteiger charge is -2.28. The molecule has 4 nitrogen and oxygen atoms in total. The van der Waals surface area contributed by atoms with Crippen LogP contribution in [-0.4, -0.2) is 14.5 Å². The number of hydrogen-bond donors (Lipinski definition) is 0. The van der Waals surface area contributed by atoms with E-state index in [0.29, 0.717) is 0 Å². The molecule has 0 fully saturated rings. The molecular weight excluding hydrogens is 657 g/mol. The molecule has 0 atom stereocenters. The Balaban J connectivity index is 1.23. The van der Waals surface area contributed by atoms with Gasteiger partial charge in [0.15, 0.2) is 0 Å². The van der Waals surface area contributed by atoms with Gasteiger partial charge in [-0.05, 0) is 102 Å². The summed E-state index contributed by atoms with van der Waals surface area (Å²) >= 11 is 0. The third-order valence-electron chi connectivity index (χ3n) is 10.3. The molecule has 6 aromatic carbocycles. The van der Waals surface area contributed by atoms with E-state index in [4.69, 9.17) is 9.97 Å². The lowest BCUT2D eigenvalue weighted by Crippen LogP contribution is -2.11. The zero-order valence-electron chi connectivity index (χ0n) is 30.3. The van der Waals surface area contributed by atoms with Crippen LogP contribution in [0.25, 0.3) is 61.4 Å². The Bertz CT molecular complexity index is 2730. The van der Waals surface area contributed by atoms with Gasteiger partial charge < -0.3 is 4.90 Å². The fraction of sp³-hybridized carbons (Fsp3) is 0.0400. The Labute approximate surface area is 316 Å². The van der Waals surface area contributed by atoms with E-state index in [-0.39, 0.29) is 0 Å². The van der Waals surface area contributed by atoms with E-state index in [1.165, 1.54) is 27.8 Å². The highest BCUT2D eigenvalue weighted by Crippen LogP contribution is 2.43. The smallest absolute Gasteiger partial charge is 0.137 e. The molecule has 0 aliphatic carbocycles. The quantitative estimate of drug-likeness (QED) is 0.159. The van der Waals surface area contributed by atoms with Crippen molar-refractivity contribution >= 4 is 28.0 Å². The summed E-state index contributed by atoms with van der Waals surface area (Å²) in [6.07, 6.45) is 3.82. The predicted octanol–water partition coefficient (Wildman–Crippen LogP) is 13.2. The van der Waals surface area contributed by atoms with Gasteiger partial charge in [0.25, 0.3) is 0 Å². The summed E-state index contributed by atoms with van der Waals surface area (Å²) in [5.41, 5.74) is 15.6. The summed E-state index contributed by atoms with van der Waals surface area (Å²) in [6.45, 7) is 4.39. The molecule has 3 heterocycles. The minimum Gasteiger partial charge on any atom is -0.310 e. The summed E-state index contributed by atoms with van der Waals surface area (Å²) in [5, 5.41) is 1.20. The van der Waals surface area contributed by atoms with E-state index in [0.717, 1.165) is 61.9 Å². The fourth-order valence-electron chi connectivity index (χ4n) is 7.51. The Morgan fingerprint density at radius 3 is 1.76 bits per heavy atom. The monoisotopic (exact) mass is 694 g/mol. The van der Waals surface area contributed by atoms with Gasteiger partial charge in [-0.3, -0.25) is 9.55 Å². The van der Waals surface area contributed by atoms with Gasteiger partial charge in [-0.1, -0.05) is 127 Å². The van der Waals surface area contributed by atoms with E-state index in [9.17, 15) is 0 Å². The Kier molecular flexibility index (Phi) is 8.62. The normalized spacial score (nSPS) is 11.1. The molecule has 0 amide bonds. The lowest BCUT2D eigenvalue weighted by molar-refractivity contribution is 0.985. The standard InChI is InChI=1S/C50H38N4/c1-35-36(2)53(50-33-41(28-30-52-50)38-17-8-4-9-18-38)49-34-44(25-26-45(35)49)54(48-24-13-12-23-46(48)39-19-10-5-11-20-39)43-22-14-21-42(31-43)47-32-40(27-29-51-47)37-15-6-3-7-16-37/h3-34H,1-2H3. The third-order valence-corrected chi connectivity index (χ3v) is 10.3. The SMILES string of the molecule is Cc1c(C)n(-c2cc(-c3ccccc3)ccn2)c2cc(N(c3cccc(-c4cc(-c5ccccc5)ccn4)c3)c3ccccc3-c3ccccc3)ccc12. The molecule has 4 heteroatoms. The van der Waals surface area contributed by atoms with Gasteiger partial charge in [-0.2, -0.15) is 0 Å². The first-order chi connectivity index (χ1) is 26.6. The van der Waals surface area contributed by atoms with Crippen LogP contribution in [0.15, 0.2) is 194 Å². The number of para-hydroxylation sites is 1. The molecule has 0 saturated carbocycles. The largest absolute Gasteiger partial charge is 0.310 e. The van der Waals surface area contributed by atoms with Gasteiger partial charge in [0.05, 0.1) is 16.9 Å². The van der Waals surface area contributed by atoms with Crippen molar-refractivity contribution in [3.63, 3.8) is 0 Å². The lowest BCUT2D eigenvalue weighted by atomic mass is 10.0. The number of rotatable bonds is 8. The number of aryl methyl sites for hydroxylation is 1. The Morgan fingerprint density at radius 1 is 0.444 bits per heavy atom. The number of nitrogens with zero attached hydrogens (tertiary/aromatic N) is 4. The second kappa shape index (κ2) is 14.2. The molecule has 9 aromatic rings. The van der Waals surface area contributed by atoms with Crippen molar-refractivity contribution in [1.29, 1.82) is 0 Å². The first kappa shape index (κ1) is 32.8. The van der Waals surface area contributed by atoms with Crippen molar-refractivity contribution in [2.75, 3.05) is 4.90 Å². The molecule has 0 unspecified atom stereocenters. The molecule has 0 N–H and O–H groups in total. The van der Waals surface area contributed by atoms with Crippen LogP contribution < -0.4 is 4.90 Å². The number of benzene rings is 6. The molecule has 3 aromatic heterocycles. The van der Waals surface area contributed by atoms with Gasteiger partial charge in [0, 0.05) is 46.0 Å². The third kappa shape index (κ3) is 6.14. The van der Waals surface area contributed by atoms with E-state index in [1.807, 2.05) is 18.5 Å². The van der Waals surface area contributed by atoms with Gasteiger partial charge in [-0.15, -0.1) is 0 Å². The fourth-order valence-corrected chi connectivity index (χ4v) is 7.51. The molecule has 9 rings (SSSR count). The van der Waals surface area contributed by atoms with E-state index in [2.05, 4.69) is 199 Å². The Hall–Kier alpha value is -7.04. The topological polar surface area (TPSA) is 34.0 Å². The molecule has 0 aliphatic rings. The maximum atomic E-state index is 4.92. The number of anilines is 3. The molecule has 0 saturated heterocycles. The number of pyridine rings is 2. The number of fused-ring (bicyclic) bond motifs is 1. The highest BCUT2D eigenvalue weighted by atomic mass is 15.1. The van der Waals surface area contributed by atoms with Crippen LogP contribution in [0.3, 0.4) is 0 Å². The van der Waals surface area contributed by atoms with Crippen LogP contribution in [-0.2, 0) is 0 Å². The van der Waals surface area contributed by atoms with E-state index < -0.39 is 0 Å². The van der Waals surface area contributed by atoms with Crippen molar-refractivity contribution in [2.24, 2.45) is 0 Å². The van der Waals surface area contributed by atoms with Crippen molar-refractivity contribution in [1.82, 2.24) is 14.5 Å². The summed E-state index contributed by atoms with van der Waals surface area (Å²) in [5.74, 6) is 0.895. The molecule has 258 valence electrons. The predicted molar refractivity (Wildman–Crippen MR) is 225 cm³/mol. The van der Waals surface area contributed by atoms with Crippen LogP contribution in [0.5, 0.6) is 0 Å². The highest BCUT2D eigenvalue weighted by Gasteiger charge is 2.21. The minimum atomic E-state index is 0.895. The molecule has 0 radical (unpaired) electrons. The molecule has 0 bridgehead atoms. The van der Waals surface area contributed by atoms with Crippen molar-refractivity contribution in [3.8, 4) is 50.5 Å². The molecular formula is C50H38N4. The van der Waals surface area contributed by atoms with Crippen LogP contribution in [0.4, 0.5) is 17.1 Å². The summed E-state index contributed by atoms with van der Waals surface area (Å²) in [4.78, 5) is 12.1. The van der Waals surface area contributed by atoms with E-state index >= 15 is 0 Å². The van der Waals surface area contributed by atoms with Gasteiger partial charge in [-0.25, -0.2) is 4.98 Å². The Morgan fingerprint density at radius 2 is 1.04 bits per heavy atom. The molecule has 0 aliphatic heterocycles. The van der Waals surface area contributed by atoms with Gasteiger partial charge in [0.1, 0.15) is 5.82 Å². The zero-order valence-corrected chi connectivity index (χ0v) is 30.3. The first-order valence-electron chi connectivity index (χ1n) is 18.3. The molecule has 54 heavy (non-hydrogen) atoms. The van der Waals surface area contributed by atoms with Crippen LogP contribution in [0.2, 0.25) is 0 Å². The molecule has 0 spiro atoms. The maximum Gasteiger partial charge on any atom is 0.137 e. The first-order valence-corrected chi connectivity index (χ1v) is 18.3. The van der Waals surface area contributed by atoms with Crippen LogP contribution >= 0.6 is 0 Å². The second-order valence-electron chi connectivity index (χ2n) is 13.6. The van der Waals surface area contributed by atoms with Crippen molar-refractivity contribution in [2.45, 2.75) is 13.8 Å². The maximum absolute atomic E-state index is 4.92.